The highest BCUT2D eigenvalue weighted by atomic mass is 32.2. The summed E-state index contributed by atoms with van der Waals surface area (Å²) >= 11 is 3.38. The van der Waals surface area contributed by atoms with E-state index in [0.717, 1.165) is 49.7 Å². The van der Waals surface area contributed by atoms with Gasteiger partial charge in [0, 0.05) is 28.0 Å². The molecule has 0 spiro atoms. The van der Waals surface area contributed by atoms with Crippen molar-refractivity contribution in [1.82, 2.24) is 9.55 Å². The third-order valence-electron chi connectivity index (χ3n) is 6.25. The average molecular weight is 517 g/mol. The van der Waals surface area contributed by atoms with Gasteiger partial charge in [-0.1, -0.05) is 24.3 Å². The summed E-state index contributed by atoms with van der Waals surface area (Å²) in [6.45, 7) is 5.41. The molecule has 0 aliphatic heterocycles. The number of thioether (sulfide) groups is 1. The lowest BCUT2D eigenvalue weighted by molar-refractivity contribution is -0.142. The van der Waals surface area contributed by atoms with Crippen molar-refractivity contribution in [3.8, 4) is 5.75 Å². The van der Waals surface area contributed by atoms with Gasteiger partial charge in [-0.3, -0.25) is 4.79 Å². The summed E-state index contributed by atoms with van der Waals surface area (Å²) < 4.78 is 14.9. The van der Waals surface area contributed by atoms with Gasteiger partial charge in [0.15, 0.2) is 0 Å². The van der Waals surface area contributed by atoms with Gasteiger partial charge in [0.05, 0.1) is 23.2 Å². The van der Waals surface area contributed by atoms with Crippen LogP contribution in [-0.4, -0.2) is 28.4 Å². The van der Waals surface area contributed by atoms with Crippen LogP contribution in [0, 0.1) is 6.92 Å². The number of aromatic nitrogens is 2. The van der Waals surface area contributed by atoms with Crippen molar-refractivity contribution in [1.29, 1.82) is 0 Å². The third kappa shape index (κ3) is 5.13. The Labute approximate surface area is 219 Å². The predicted molar refractivity (Wildman–Crippen MR) is 148 cm³/mol. The van der Waals surface area contributed by atoms with Crippen LogP contribution >= 0.6 is 23.1 Å². The molecular weight excluding hydrogens is 488 g/mol. The molecule has 0 aliphatic carbocycles. The molecule has 5 rings (SSSR count). The number of fused-ring (bicyclic) bond motifs is 2. The van der Waals surface area contributed by atoms with Crippen LogP contribution in [0.5, 0.6) is 5.75 Å². The van der Waals surface area contributed by atoms with Gasteiger partial charge in [-0.15, -0.1) is 23.1 Å². The van der Waals surface area contributed by atoms with Crippen LogP contribution in [-0.2, 0) is 29.1 Å². The van der Waals surface area contributed by atoms with Crippen molar-refractivity contribution < 1.29 is 14.3 Å². The van der Waals surface area contributed by atoms with Crippen molar-refractivity contribution in [3.05, 3.63) is 88.6 Å². The number of para-hydroxylation sites is 1. The summed E-state index contributed by atoms with van der Waals surface area (Å²) in [6, 6.07) is 22.9. The summed E-state index contributed by atoms with van der Waals surface area (Å²) in [4.78, 5) is 18.4. The first kappa shape index (κ1) is 24.4. The Hall–Kier alpha value is -3.29. The molecule has 0 radical (unpaired) electrons. The van der Waals surface area contributed by atoms with Gasteiger partial charge in [-0.05, 0) is 73.7 Å². The van der Waals surface area contributed by atoms with Gasteiger partial charge >= 0.3 is 5.97 Å². The Morgan fingerprint density at radius 1 is 1.08 bits per heavy atom. The molecule has 0 atom stereocenters. The molecule has 7 heteroatoms. The predicted octanol–water partition coefficient (Wildman–Crippen LogP) is 7.01. The Morgan fingerprint density at radius 3 is 2.64 bits per heavy atom. The molecule has 0 bridgehead atoms. The highest BCUT2D eigenvalue weighted by Crippen LogP contribution is 2.32. The summed E-state index contributed by atoms with van der Waals surface area (Å²) in [5.41, 5.74) is 5.33. The maximum Gasteiger partial charge on any atom is 0.310 e. The van der Waals surface area contributed by atoms with Gasteiger partial charge < -0.3 is 14.0 Å². The van der Waals surface area contributed by atoms with Gasteiger partial charge in [-0.25, -0.2) is 4.98 Å². The molecule has 0 amide bonds. The van der Waals surface area contributed by atoms with Crippen LogP contribution in [0.3, 0.4) is 0 Å². The Bertz CT molecular complexity index is 1490. The number of nitrogens with zero attached hydrogens (tertiary/aromatic N) is 2. The van der Waals surface area contributed by atoms with E-state index in [2.05, 4.69) is 59.1 Å². The number of hydrogen-bond acceptors (Lipinski definition) is 6. The minimum Gasteiger partial charge on any atom is -0.486 e. The molecule has 0 aliphatic rings. The Kier molecular flexibility index (Phi) is 7.30. The highest BCUT2D eigenvalue weighted by molar-refractivity contribution is 7.98. The van der Waals surface area contributed by atoms with Crippen LogP contribution in [0.1, 0.15) is 28.8 Å². The summed E-state index contributed by atoms with van der Waals surface area (Å²) in [6.07, 6.45) is 2.31. The molecule has 0 unspecified atom stereocenters. The number of hydrogen-bond donors (Lipinski definition) is 0. The summed E-state index contributed by atoms with van der Waals surface area (Å²) in [5, 5.41) is 1.95. The number of esters is 1. The quantitative estimate of drug-likeness (QED) is 0.156. The van der Waals surface area contributed by atoms with Gasteiger partial charge in [-0.2, -0.15) is 0 Å². The Morgan fingerprint density at radius 2 is 1.89 bits per heavy atom. The standard InChI is InChI=1S/C29H28N2O3S2/c1-4-33-29(32)16-23-19(2)31(17-20-9-12-22(35-3)13-10-20)26-14-11-21(15-24(23)26)34-18-28-30-25-7-5-6-8-27(25)36-28/h5-15H,4,16-18H2,1-3H3. The zero-order chi connectivity index (χ0) is 25.1. The van der Waals surface area contributed by atoms with Crippen molar-refractivity contribution in [2.24, 2.45) is 0 Å². The van der Waals surface area contributed by atoms with E-state index in [1.54, 1.807) is 23.1 Å². The van der Waals surface area contributed by atoms with Crippen molar-refractivity contribution in [3.63, 3.8) is 0 Å². The first-order chi connectivity index (χ1) is 17.6. The molecule has 5 nitrogen and oxygen atoms in total. The van der Waals surface area contributed by atoms with E-state index in [-0.39, 0.29) is 12.4 Å². The largest absolute Gasteiger partial charge is 0.486 e. The number of carbonyl (C=O) groups is 1. The second-order valence-electron chi connectivity index (χ2n) is 8.52. The lowest BCUT2D eigenvalue weighted by Crippen LogP contribution is -2.09. The van der Waals surface area contributed by atoms with Crippen LogP contribution in [0.25, 0.3) is 21.1 Å². The molecule has 0 saturated heterocycles. The van der Waals surface area contributed by atoms with Crippen LogP contribution in [0.4, 0.5) is 0 Å². The fraction of sp³-hybridized carbons (Fsp3) is 0.241. The van der Waals surface area contributed by atoms with Crippen molar-refractivity contribution >= 4 is 50.2 Å². The van der Waals surface area contributed by atoms with Crippen molar-refractivity contribution in [2.45, 2.75) is 38.3 Å². The van der Waals surface area contributed by atoms with Crippen LogP contribution in [0.15, 0.2) is 71.6 Å². The molecule has 2 aromatic heterocycles. The molecule has 3 aromatic carbocycles. The summed E-state index contributed by atoms with van der Waals surface area (Å²) in [5.74, 6) is 0.540. The second-order valence-corrected chi connectivity index (χ2v) is 10.5. The zero-order valence-corrected chi connectivity index (χ0v) is 22.2. The van der Waals surface area contributed by atoms with Crippen molar-refractivity contribution in [2.75, 3.05) is 12.9 Å². The molecule has 5 aromatic rings. The van der Waals surface area contributed by atoms with E-state index >= 15 is 0 Å². The molecular formula is C29H28N2O3S2. The van der Waals surface area contributed by atoms with E-state index in [9.17, 15) is 4.79 Å². The van der Waals surface area contributed by atoms with E-state index < -0.39 is 0 Å². The molecule has 0 saturated carbocycles. The smallest absolute Gasteiger partial charge is 0.310 e. The second kappa shape index (κ2) is 10.8. The van der Waals surface area contributed by atoms with Gasteiger partial charge in [0.2, 0.25) is 0 Å². The number of benzene rings is 3. The van der Waals surface area contributed by atoms with Crippen LogP contribution < -0.4 is 4.74 Å². The molecule has 2 heterocycles. The van der Waals surface area contributed by atoms with E-state index in [1.165, 1.54) is 10.5 Å². The first-order valence-corrected chi connectivity index (χ1v) is 14.0. The number of ether oxygens (including phenoxy) is 2. The lowest BCUT2D eigenvalue weighted by atomic mass is 10.1. The number of thiazole rings is 1. The molecule has 36 heavy (non-hydrogen) atoms. The maximum absolute atomic E-state index is 12.5. The zero-order valence-electron chi connectivity index (χ0n) is 20.6. The van der Waals surface area contributed by atoms with E-state index in [1.807, 2.05) is 37.3 Å². The SMILES string of the molecule is CCOC(=O)Cc1c(C)n(Cc2ccc(SC)cc2)c2ccc(OCc3nc4ccccc4s3)cc12. The molecule has 184 valence electrons. The van der Waals surface area contributed by atoms with Crippen LogP contribution in [0.2, 0.25) is 0 Å². The Balaban J connectivity index is 1.46. The van der Waals surface area contributed by atoms with Gasteiger partial charge in [0.1, 0.15) is 17.4 Å². The fourth-order valence-electron chi connectivity index (χ4n) is 4.44. The third-order valence-corrected chi connectivity index (χ3v) is 8.01. The maximum atomic E-state index is 12.5. The number of rotatable bonds is 9. The van der Waals surface area contributed by atoms with E-state index in [4.69, 9.17) is 9.47 Å². The minimum absolute atomic E-state index is 0.218. The number of carbonyl (C=O) groups excluding carboxylic acids is 1. The highest BCUT2D eigenvalue weighted by Gasteiger charge is 2.18. The monoisotopic (exact) mass is 516 g/mol. The average Bonchev–Trinajstić information content (AvgIpc) is 3.42. The first-order valence-electron chi connectivity index (χ1n) is 11.9. The molecule has 0 fully saturated rings. The normalized spacial score (nSPS) is 11.3. The van der Waals surface area contributed by atoms with Gasteiger partial charge in [0.25, 0.3) is 0 Å². The minimum atomic E-state index is -0.218. The van der Waals surface area contributed by atoms with E-state index in [0.29, 0.717) is 13.2 Å². The topological polar surface area (TPSA) is 53.4 Å². The lowest BCUT2D eigenvalue weighted by Gasteiger charge is -2.10. The molecule has 0 N–H and O–H groups in total. The summed E-state index contributed by atoms with van der Waals surface area (Å²) in [7, 11) is 0. The fourth-order valence-corrected chi connectivity index (χ4v) is 5.73.